The maximum absolute atomic E-state index is 4.93. The summed E-state index contributed by atoms with van der Waals surface area (Å²) in [7, 11) is 9.78. The summed E-state index contributed by atoms with van der Waals surface area (Å²) >= 11 is -0.826. The molecule has 0 unspecified atom stereocenters. The number of rotatable bonds is 1. The summed E-state index contributed by atoms with van der Waals surface area (Å²) in [5.74, 6) is 0. The molecule has 61 valence electrons. The van der Waals surface area contributed by atoms with E-state index >= 15 is 0 Å². The molecule has 0 aromatic rings. The van der Waals surface area contributed by atoms with E-state index in [4.69, 9.17) is 17.0 Å². The fraction of sp³-hybridized carbons (Fsp3) is 0.429. The molecule has 4 heteroatoms. The molecule has 0 atom stereocenters. The van der Waals surface area contributed by atoms with Gasteiger partial charge in [0.15, 0.2) is 0 Å². The molecule has 1 aliphatic carbocycles. The van der Waals surface area contributed by atoms with Crippen molar-refractivity contribution in [2.45, 2.75) is 18.6 Å². The molecule has 0 aromatic carbocycles. The molecule has 1 rings (SSSR count). The van der Waals surface area contributed by atoms with Gasteiger partial charge in [-0.05, 0) is 5.54 Å². The number of allylic oxidation sites excluding steroid dienone is 4. The average Bonchev–Trinajstić information content (AvgIpc) is 2.38. The van der Waals surface area contributed by atoms with Gasteiger partial charge in [0, 0.05) is 0 Å². The Balaban J connectivity index is 0.000000292. The van der Waals surface area contributed by atoms with Crippen molar-refractivity contribution in [2.24, 2.45) is 0 Å². The molecule has 0 bridgehead atoms. The van der Waals surface area contributed by atoms with Gasteiger partial charge >= 0.3 is 37.9 Å². The first-order valence-electron chi connectivity index (χ1n) is 3.33. The molecular weight excluding hydrogens is 274 g/mol. The van der Waals surface area contributed by atoms with Gasteiger partial charge in [-0.15, -0.1) is 0 Å². The normalized spacial score (nSPS) is 15.0. The van der Waals surface area contributed by atoms with Gasteiger partial charge in [0.2, 0.25) is 0 Å². The van der Waals surface area contributed by atoms with Gasteiger partial charge in [0.05, 0.1) is 8.80 Å². The van der Waals surface area contributed by atoms with Crippen LogP contribution in [0, 0.1) is 0 Å². The minimum atomic E-state index is -0.826. The predicted octanol–water partition coefficient (Wildman–Crippen LogP) is 3.61. The third-order valence-corrected chi connectivity index (χ3v) is 3.13. The van der Waals surface area contributed by atoms with E-state index in [9.17, 15) is 0 Å². The molecule has 1 radical (unpaired) electrons. The van der Waals surface area contributed by atoms with Gasteiger partial charge in [-0.1, -0.05) is 37.4 Å². The second kappa shape index (κ2) is 7.79. The minimum absolute atomic E-state index is 0.0859. The summed E-state index contributed by atoms with van der Waals surface area (Å²) in [6.45, 7) is 4.69. The summed E-state index contributed by atoms with van der Waals surface area (Å²) in [5, 5.41) is 0. The van der Waals surface area contributed by atoms with Crippen LogP contribution in [0.3, 0.4) is 0 Å². The van der Waals surface area contributed by atoms with E-state index in [1.807, 2.05) is 0 Å². The molecule has 0 fully saturated rings. The van der Waals surface area contributed by atoms with Crippen molar-refractivity contribution in [2.75, 3.05) is 0 Å². The van der Waals surface area contributed by atoms with Crippen molar-refractivity contribution in [1.82, 2.24) is 0 Å². The van der Waals surface area contributed by atoms with Crippen molar-refractivity contribution in [3.05, 3.63) is 24.3 Å². The van der Waals surface area contributed by atoms with Crippen molar-refractivity contribution in [1.29, 1.82) is 0 Å². The predicted molar refractivity (Wildman–Crippen MR) is 51.2 cm³/mol. The summed E-state index contributed by atoms with van der Waals surface area (Å²) in [4.78, 5) is 0. The molecule has 0 aromatic heterocycles. The topological polar surface area (TPSA) is 0 Å². The summed E-state index contributed by atoms with van der Waals surface area (Å²) in [5.41, 5.74) is 0.806. The van der Waals surface area contributed by atoms with Crippen LogP contribution in [-0.2, 0) is 20.8 Å². The standard InChI is InChI=1S/C7H11Si.2ClH.Zr/c1-8(2)7-5-3-4-6-7;;;/h3-7H,1-2H3;2*1H;/q;;;+2/p-2. The summed E-state index contributed by atoms with van der Waals surface area (Å²) < 4.78 is 0. The van der Waals surface area contributed by atoms with Crippen molar-refractivity contribution in [3.8, 4) is 0 Å². The Kier molecular flexibility index (Phi) is 8.61. The van der Waals surface area contributed by atoms with Gasteiger partial charge in [-0.3, -0.25) is 0 Å². The Labute approximate surface area is 88.9 Å². The van der Waals surface area contributed by atoms with Crippen molar-refractivity contribution >= 4 is 25.8 Å². The van der Waals surface area contributed by atoms with Crippen LogP contribution in [0.1, 0.15) is 0 Å². The zero-order chi connectivity index (χ0) is 8.69. The quantitative estimate of drug-likeness (QED) is 0.646. The van der Waals surface area contributed by atoms with Crippen LogP contribution in [0.4, 0.5) is 0 Å². The van der Waals surface area contributed by atoms with E-state index in [0.717, 1.165) is 5.54 Å². The molecule has 0 saturated carbocycles. The zero-order valence-electron chi connectivity index (χ0n) is 6.64. The molecular formula is C7H11Cl2SiZr. The fourth-order valence-corrected chi connectivity index (χ4v) is 1.81. The maximum atomic E-state index is 4.93. The van der Waals surface area contributed by atoms with Crippen molar-refractivity contribution in [3.63, 3.8) is 0 Å². The van der Waals surface area contributed by atoms with E-state index in [1.54, 1.807) is 0 Å². The Morgan fingerprint density at radius 1 is 1.18 bits per heavy atom. The average molecular weight is 285 g/mol. The monoisotopic (exact) mass is 283 g/mol. The Hall–Kier alpha value is 1.16. The molecule has 1 aliphatic rings. The van der Waals surface area contributed by atoms with E-state index in [1.165, 1.54) is 0 Å². The van der Waals surface area contributed by atoms with Crippen LogP contribution in [0.25, 0.3) is 0 Å². The van der Waals surface area contributed by atoms with E-state index < -0.39 is 20.8 Å². The van der Waals surface area contributed by atoms with E-state index in [2.05, 4.69) is 37.4 Å². The number of hydrogen-bond donors (Lipinski definition) is 0. The van der Waals surface area contributed by atoms with Gasteiger partial charge in [0.25, 0.3) is 0 Å². The van der Waals surface area contributed by atoms with Crippen LogP contribution in [0.2, 0.25) is 18.6 Å². The van der Waals surface area contributed by atoms with Crippen LogP contribution < -0.4 is 0 Å². The third-order valence-electron chi connectivity index (χ3n) is 1.41. The summed E-state index contributed by atoms with van der Waals surface area (Å²) in [6.07, 6.45) is 8.85. The molecule has 0 saturated heterocycles. The molecule has 0 aliphatic heterocycles. The first-order valence-corrected chi connectivity index (χ1v) is 12.2. The van der Waals surface area contributed by atoms with Gasteiger partial charge in [-0.25, -0.2) is 0 Å². The Bertz CT molecular complexity index is 133. The number of hydrogen-bond acceptors (Lipinski definition) is 0. The van der Waals surface area contributed by atoms with Gasteiger partial charge in [-0.2, -0.15) is 0 Å². The Morgan fingerprint density at radius 2 is 1.55 bits per heavy atom. The molecule has 0 heterocycles. The SMILES string of the molecule is C[Si](C)C1C=CC=C1.[Cl][Zr][Cl]. The zero-order valence-corrected chi connectivity index (χ0v) is 11.6. The van der Waals surface area contributed by atoms with Crippen LogP contribution >= 0.6 is 17.0 Å². The van der Waals surface area contributed by atoms with Gasteiger partial charge in [0.1, 0.15) is 0 Å². The Morgan fingerprint density at radius 3 is 1.73 bits per heavy atom. The molecule has 0 amide bonds. The first kappa shape index (κ1) is 12.2. The van der Waals surface area contributed by atoms with E-state index in [0.29, 0.717) is 0 Å². The number of halogens is 2. The summed E-state index contributed by atoms with van der Waals surface area (Å²) in [6, 6.07) is 0. The molecule has 11 heavy (non-hydrogen) atoms. The van der Waals surface area contributed by atoms with E-state index in [-0.39, 0.29) is 8.80 Å². The van der Waals surface area contributed by atoms with Crippen LogP contribution in [0.15, 0.2) is 24.3 Å². The molecule has 0 spiro atoms. The van der Waals surface area contributed by atoms with Crippen LogP contribution in [-0.4, -0.2) is 8.80 Å². The van der Waals surface area contributed by atoms with Gasteiger partial charge < -0.3 is 0 Å². The third kappa shape index (κ3) is 6.33. The fourth-order valence-electron chi connectivity index (χ4n) is 0.817. The second-order valence-electron chi connectivity index (χ2n) is 2.44. The molecule has 0 nitrogen and oxygen atoms in total. The second-order valence-corrected chi connectivity index (χ2v) is 9.00. The molecule has 0 N–H and O–H groups in total. The van der Waals surface area contributed by atoms with Crippen LogP contribution in [0.5, 0.6) is 0 Å². The first-order chi connectivity index (χ1) is 5.22. The van der Waals surface area contributed by atoms with Crippen molar-refractivity contribution < 1.29 is 20.8 Å².